The van der Waals surface area contributed by atoms with Crippen LogP contribution >= 0.6 is 0 Å². The molecule has 7 N–H and O–H groups in total. The Morgan fingerprint density at radius 3 is 1.93 bits per heavy atom. The second kappa shape index (κ2) is 10.2. The number of hydrogen-bond donors (Lipinski definition) is 7. The Morgan fingerprint density at radius 2 is 1.36 bits per heavy atom. The number of carbonyl (C=O) groups is 1. The second-order valence-electron chi connectivity index (χ2n) is 6.79. The van der Waals surface area contributed by atoms with Gasteiger partial charge in [-0.05, 0) is 6.42 Å². The van der Waals surface area contributed by atoms with Crippen LogP contribution in [0.1, 0.15) is 19.8 Å². The van der Waals surface area contributed by atoms with Gasteiger partial charge in [-0.15, -0.1) is 0 Å². The third-order valence-electron chi connectivity index (χ3n) is 4.64. The zero-order chi connectivity index (χ0) is 21.0. The van der Waals surface area contributed by atoms with Crippen LogP contribution in [0.5, 0.6) is 0 Å². The fourth-order valence-electron chi connectivity index (χ4n) is 2.94. The minimum atomic E-state index is -1.70. The zero-order valence-corrected chi connectivity index (χ0v) is 15.3. The SMILES string of the molecule is CCCC(=O)O[C@@H]1O[C@H](CO[C@@H]2O[C@H](CO)[C@@H](O)[C@H](O)[C@H]2O)[C@@H](O)[C@H](O)[C@H]1O. The lowest BCUT2D eigenvalue weighted by molar-refractivity contribution is -0.327. The molecule has 2 rings (SSSR count). The average molecular weight is 412 g/mol. The van der Waals surface area contributed by atoms with Gasteiger partial charge in [0.2, 0.25) is 6.29 Å². The Bertz CT molecular complexity index is 502. The fraction of sp³-hybridized carbons (Fsp3) is 0.938. The molecule has 28 heavy (non-hydrogen) atoms. The molecule has 0 aromatic rings. The molecule has 0 saturated carbocycles. The van der Waals surface area contributed by atoms with E-state index in [1.807, 2.05) is 0 Å². The van der Waals surface area contributed by atoms with Gasteiger partial charge < -0.3 is 54.7 Å². The van der Waals surface area contributed by atoms with Crippen molar-refractivity contribution in [2.24, 2.45) is 0 Å². The quantitative estimate of drug-likeness (QED) is 0.200. The van der Waals surface area contributed by atoms with Gasteiger partial charge in [-0.3, -0.25) is 4.79 Å². The van der Waals surface area contributed by atoms with Crippen LogP contribution in [-0.4, -0.2) is 116 Å². The lowest BCUT2D eigenvalue weighted by atomic mass is 9.98. The van der Waals surface area contributed by atoms with Crippen molar-refractivity contribution in [1.82, 2.24) is 0 Å². The lowest BCUT2D eigenvalue weighted by Gasteiger charge is -2.42. The van der Waals surface area contributed by atoms with Gasteiger partial charge in [0.25, 0.3) is 0 Å². The Hall–Kier alpha value is -0.930. The van der Waals surface area contributed by atoms with Gasteiger partial charge in [0.15, 0.2) is 6.29 Å². The first-order chi connectivity index (χ1) is 13.2. The van der Waals surface area contributed by atoms with Crippen molar-refractivity contribution in [2.45, 2.75) is 81.2 Å². The summed E-state index contributed by atoms with van der Waals surface area (Å²) in [5.41, 5.74) is 0. The van der Waals surface area contributed by atoms with Gasteiger partial charge in [0.1, 0.15) is 48.8 Å². The molecule has 0 radical (unpaired) electrons. The number of esters is 1. The topological polar surface area (TPSA) is 196 Å². The number of aliphatic hydroxyl groups excluding tert-OH is 7. The van der Waals surface area contributed by atoms with E-state index in [2.05, 4.69) is 0 Å². The maximum Gasteiger partial charge on any atom is 0.308 e. The predicted molar refractivity (Wildman–Crippen MR) is 87.4 cm³/mol. The minimum Gasteiger partial charge on any atom is -0.433 e. The molecule has 0 unspecified atom stereocenters. The fourth-order valence-corrected chi connectivity index (χ4v) is 2.94. The van der Waals surface area contributed by atoms with E-state index >= 15 is 0 Å². The van der Waals surface area contributed by atoms with Crippen molar-refractivity contribution in [2.75, 3.05) is 13.2 Å². The average Bonchev–Trinajstić information content (AvgIpc) is 2.67. The van der Waals surface area contributed by atoms with E-state index in [0.29, 0.717) is 6.42 Å². The Morgan fingerprint density at radius 1 is 0.821 bits per heavy atom. The Kier molecular flexibility index (Phi) is 8.51. The molecule has 2 aliphatic rings. The number of aliphatic hydroxyl groups is 7. The number of hydrogen-bond acceptors (Lipinski definition) is 12. The van der Waals surface area contributed by atoms with E-state index in [1.165, 1.54) is 0 Å². The zero-order valence-electron chi connectivity index (χ0n) is 15.3. The summed E-state index contributed by atoms with van der Waals surface area (Å²) < 4.78 is 20.7. The first-order valence-electron chi connectivity index (χ1n) is 9.02. The molecule has 2 saturated heterocycles. The van der Waals surface area contributed by atoms with Crippen LogP contribution in [0.15, 0.2) is 0 Å². The number of rotatable bonds is 7. The van der Waals surface area contributed by atoms with Crippen LogP contribution in [0.2, 0.25) is 0 Å². The third-order valence-corrected chi connectivity index (χ3v) is 4.64. The molecule has 12 heteroatoms. The summed E-state index contributed by atoms with van der Waals surface area (Å²) in [7, 11) is 0. The van der Waals surface area contributed by atoms with Crippen molar-refractivity contribution in [3.05, 3.63) is 0 Å². The molecule has 2 fully saturated rings. The maximum absolute atomic E-state index is 11.6. The van der Waals surface area contributed by atoms with Gasteiger partial charge >= 0.3 is 5.97 Å². The molecule has 0 aliphatic carbocycles. The summed E-state index contributed by atoms with van der Waals surface area (Å²) in [4.78, 5) is 11.6. The first kappa shape index (κ1) is 23.3. The molecule has 0 spiro atoms. The van der Waals surface area contributed by atoms with Crippen LogP contribution in [-0.2, 0) is 23.7 Å². The van der Waals surface area contributed by atoms with Crippen molar-refractivity contribution >= 4 is 5.97 Å². The van der Waals surface area contributed by atoms with Crippen LogP contribution in [0.25, 0.3) is 0 Å². The predicted octanol–water partition coefficient (Wildman–Crippen LogP) is -4.05. The third kappa shape index (κ3) is 5.16. The number of ether oxygens (including phenoxy) is 4. The monoisotopic (exact) mass is 412 g/mol. The molecule has 2 heterocycles. The molecular formula is C16H28O12. The van der Waals surface area contributed by atoms with E-state index in [0.717, 1.165) is 0 Å². The van der Waals surface area contributed by atoms with Gasteiger partial charge in [-0.1, -0.05) is 6.92 Å². The maximum atomic E-state index is 11.6. The highest BCUT2D eigenvalue weighted by molar-refractivity contribution is 5.69. The summed E-state index contributed by atoms with van der Waals surface area (Å²) in [5.74, 6) is -0.663. The van der Waals surface area contributed by atoms with Crippen LogP contribution < -0.4 is 0 Å². The molecule has 2 aliphatic heterocycles. The summed E-state index contributed by atoms with van der Waals surface area (Å²) >= 11 is 0. The smallest absolute Gasteiger partial charge is 0.308 e. The van der Waals surface area contributed by atoms with E-state index in [4.69, 9.17) is 24.1 Å². The summed E-state index contributed by atoms with van der Waals surface area (Å²) in [6.07, 6.45) is -14.8. The molecular weight excluding hydrogens is 384 g/mol. The first-order valence-corrected chi connectivity index (χ1v) is 9.02. The van der Waals surface area contributed by atoms with Crippen LogP contribution in [0.3, 0.4) is 0 Å². The highest BCUT2D eigenvalue weighted by atomic mass is 16.7. The second-order valence-corrected chi connectivity index (χ2v) is 6.79. The van der Waals surface area contributed by atoms with E-state index in [-0.39, 0.29) is 6.42 Å². The van der Waals surface area contributed by atoms with Crippen molar-refractivity contribution in [3.8, 4) is 0 Å². The van der Waals surface area contributed by atoms with Crippen LogP contribution in [0.4, 0.5) is 0 Å². The van der Waals surface area contributed by atoms with Crippen molar-refractivity contribution < 1.29 is 59.5 Å². The van der Waals surface area contributed by atoms with Crippen LogP contribution in [0, 0.1) is 0 Å². The Labute approximate surface area is 160 Å². The molecule has 164 valence electrons. The summed E-state index contributed by atoms with van der Waals surface area (Å²) in [6, 6.07) is 0. The van der Waals surface area contributed by atoms with Crippen molar-refractivity contribution in [3.63, 3.8) is 0 Å². The minimum absolute atomic E-state index is 0.0667. The molecule has 0 bridgehead atoms. The van der Waals surface area contributed by atoms with E-state index in [1.54, 1.807) is 6.92 Å². The molecule has 0 aromatic heterocycles. The molecule has 10 atom stereocenters. The highest BCUT2D eigenvalue weighted by Gasteiger charge is 2.48. The Balaban J connectivity index is 1.98. The molecule has 0 amide bonds. The summed E-state index contributed by atoms with van der Waals surface area (Å²) in [6.45, 7) is 0.609. The largest absolute Gasteiger partial charge is 0.433 e. The van der Waals surface area contributed by atoms with Gasteiger partial charge in [-0.2, -0.15) is 0 Å². The van der Waals surface area contributed by atoms with Gasteiger partial charge in [-0.25, -0.2) is 0 Å². The summed E-state index contributed by atoms with van der Waals surface area (Å²) in [5, 5.41) is 68.5. The van der Waals surface area contributed by atoms with E-state index < -0.39 is 80.6 Å². The lowest BCUT2D eigenvalue weighted by Crippen LogP contribution is -2.61. The number of carbonyl (C=O) groups excluding carboxylic acids is 1. The van der Waals surface area contributed by atoms with Gasteiger partial charge in [0.05, 0.1) is 13.2 Å². The highest BCUT2D eigenvalue weighted by Crippen LogP contribution is 2.26. The normalized spacial score (nSPS) is 44.3. The van der Waals surface area contributed by atoms with Gasteiger partial charge in [0, 0.05) is 6.42 Å². The van der Waals surface area contributed by atoms with Crippen molar-refractivity contribution in [1.29, 1.82) is 0 Å². The van der Waals surface area contributed by atoms with E-state index in [9.17, 15) is 35.4 Å². The molecule has 0 aromatic carbocycles. The molecule has 12 nitrogen and oxygen atoms in total. The standard InChI is InChI=1S/C16H28O12/c1-2-3-8(18)28-16-14(24)12(22)10(20)7(27-16)5-25-15-13(23)11(21)9(19)6(4-17)26-15/h6-7,9-17,19-24H,2-5H2,1H3/t6-,7-,9-,10-,11+,12+,13-,14-,15-,16+/m1/s1.